The molecule has 0 radical (unpaired) electrons. The van der Waals surface area contributed by atoms with Crippen LogP contribution in [-0.4, -0.2) is 0 Å². The molecule has 0 unspecified atom stereocenters. The van der Waals surface area contributed by atoms with Crippen molar-refractivity contribution >= 4 is 17.1 Å². The lowest BCUT2D eigenvalue weighted by Gasteiger charge is -1.97. The molecule has 0 bridgehead atoms. The highest BCUT2D eigenvalue weighted by Crippen LogP contribution is 2.23. The predicted octanol–water partition coefficient (Wildman–Crippen LogP) is 3.43. The summed E-state index contributed by atoms with van der Waals surface area (Å²) in [7, 11) is 0. The lowest BCUT2D eigenvalue weighted by Crippen LogP contribution is -1.81. The van der Waals surface area contributed by atoms with Crippen LogP contribution in [0.5, 0.6) is 0 Å². The summed E-state index contributed by atoms with van der Waals surface area (Å²) in [6.07, 6.45) is 0. The van der Waals surface area contributed by atoms with Gasteiger partial charge >= 0.3 is 0 Å². The van der Waals surface area contributed by atoms with Crippen molar-refractivity contribution in [3.8, 4) is 12.1 Å². The smallest absolute Gasteiger partial charge is 0.104 e. The molecule has 2 aromatic carbocycles. The van der Waals surface area contributed by atoms with E-state index in [4.69, 9.17) is 16.3 Å². The largest absolute Gasteiger partial charge is 0.399 e. The molecule has 0 atom stereocenters. The number of azo groups is 1. The van der Waals surface area contributed by atoms with Crippen molar-refractivity contribution in [2.45, 2.75) is 0 Å². The zero-order chi connectivity index (χ0) is 13.7. The fourth-order valence-electron chi connectivity index (χ4n) is 1.43. The van der Waals surface area contributed by atoms with E-state index in [2.05, 4.69) is 10.2 Å². The first kappa shape index (κ1) is 12.3. The summed E-state index contributed by atoms with van der Waals surface area (Å²) in [4.78, 5) is 0. The number of nitriles is 2. The molecule has 0 fully saturated rings. The van der Waals surface area contributed by atoms with Gasteiger partial charge in [0.05, 0.1) is 22.9 Å². The third-order valence-electron chi connectivity index (χ3n) is 2.41. The lowest BCUT2D eigenvalue weighted by molar-refractivity contribution is 1.22. The van der Waals surface area contributed by atoms with Crippen LogP contribution in [0.1, 0.15) is 11.1 Å². The highest BCUT2D eigenvalue weighted by atomic mass is 15.1. The molecule has 0 aromatic heterocycles. The molecular formula is C14H9N5. The molecular weight excluding hydrogens is 238 g/mol. The van der Waals surface area contributed by atoms with E-state index in [9.17, 15) is 0 Å². The minimum atomic E-state index is 0.318. The van der Waals surface area contributed by atoms with Gasteiger partial charge in [-0.1, -0.05) is 0 Å². The molecule has 0 aliphatic heterocycles. The first-order valence-electron chi connectivity index (χ1n) is 5.44. The van der Waals surface area contributed by atoms with Crippen molar-refractivity contribution in [3.05, 3.63) is 53.6 Å². The second-order valence-electron chi connectivity index (χ2n) is 3.75. The van der Waals surface area contributed by atoms with E-state index in [1.54, 1.807) is 36.4 Å². The van der Waals surface area contributed by atoms with E-state index in [0.717, 1.165) is 0 Å². The molecule has 5 nitrogen and oxygen atoms in total. The molecule has 0 saturated carbocycles. The summed E-state index contributed by atoms with van der Waals surface area (Å²) >= 11 is 0. The number of nitrogen functional groups attached to an aromatic ring is 1. The SMILES string of the molecule is N#Cc1ccc(/N=N/c2ccc(N)cc2)c(C#N)c1. The summed E-state index contributed by atoms with van der Waals surface area (Å²) in [5.41, 5.74) is 8.02. The molecule has 0 saturated heterocycles. The number of nitrogens with two attached hydrogens (primary N) is 1. The molecule has 0 aliphatic carbocycles. The number of nitrogens with zero attached hydrogens (tertiary/aromatic N) is 4. The highest BCUT2D eigenvalue weighted by Gasteiger charge is 2.02. The third kappa shape index (κ3) is 2.93. The molecule has 5 heteroatoms. The fourth-order valence-corrected chi connectivity index (χ4v) is 1.43. The van der Waals surface area contributed by atoms with Gasteiger partial charge in [0.2, 0.25) is 0 Å². The van der Waals surface area contributed by atoms with Crippen LogP contribution in [0.3, 0.4) is 0 Å². The Morgan fingerprint density at radius 3 is 2.26 bits per heavy atom. The molecule has 2 N–H and O–H groups in total. The molecule has 19 heavy (non-hydrogen) atoms. The van der Waals surface area contributed by atoms with Crippen LogP contribution in [-0.2, 0) is 0 Å². The fraction of sp³-hybridized carbons (Fsp3) is 0. The van der Waals surface area contributed by atoms with Crippen LogP contribution >= 0.6 is 0 Å². The number of rotatable bonds is 2. The molecule has 2 rings (SSSR count). The Hall–Kier alpha value is -3.18. The Kier molecular flexibility index (Phi) is 3.51. The van der Waals surface area contributed by atoms with Crippen LogP contribution in [0.2, 0.25) is 0 Å². The van der Waals surface area contributed by atoms with Crippen LogP contribution in [0.25, 0.3) is 0 Å². The van der Waals surface area contributed by atoms with Crippen LogP contribution in [0.4, 0.5) is 17.1 Å². The molecule has 0 amide bonds. The molecule has 0 aliphatic rings. The van der Waals surface area contributed by atoms with Gasteiger partial charge in [0, 0.05) is 5.69 Å². The Balaban J connectivity index is 2.31. The molecule has 0 heterocycles. The average molecular weight is 247 g/mol. The van der Waals surface area contributed by atoms with Gasteiger partial charge in [-0.25, -0.2) is 0 Å². The van der Waals surface area contributed by atoms with E-state index in [-0.39, 0.29) is 0 Å². The van der Waals surface area contributed by atoms with Gasteiger partial charge < -0.3 is 5.73 Å². The summed E-state index contributed by atoms with van der Waals surface area (Å²) in [5, 5.41) is 25.8. The molecule has 2 aromatic rings. The van der Waals surface area contributed by atoms with Gasteiger partial charge in [0.25, 0.3) is 0 Å². The number of anilines is 1. The van der Waals surface area contributed by atoms with Gasteiger partial charge in [-0.3, -0.25) is 0 Å². The van der Waals surface area contributed by atoms with E-state index in [0.29, 0.717) is 28.2 Å². The van der Waals surface area contributed by atoms with Crippen LogP contribution < -0.4 is 5.73 Å². The van der Waals surface area contributed by atoms with E-state index in [1.165, 1.54) is 6.07 Å². The van der Waals surface area contributed by atoms with Gasteiger partial charge in [0.1, 0.15) is 11.8 Å². The van der Waals surface area contributed by atoms with E-state index in [1.807, 2.05) is 12.1 Å². The maximum absolute atomic E-state index is 8.99. The van der Waals surface area contributed by atoms with Crippen molar-refractivity contribution in [2.75, 3.05) is 5.73 Å². The minimum absolute atomic E-state index is 0.318. The zero-order valence-corrected chi connectivity index (χ0v) is 9.91. The monoisotopic (exact) mass is 247 g/mol. The first-order valence-corrected chi connectivity index (χ1v) is 5.44. The lowest BCUT2D eigenvalue weighted by atomic mass is 10.1. The summed E-state index contributed by atoms with van der Waals surface area (Å²) in [5.74, 6) is 0. The van der Waals surface area contributed by atoms with Crippen molar-refractivity contribution in [1.29, 1.82) is 10.5 Å². The maximum Gasteiger partial charge on any atom is 0.104 e. The zero-order valence-electron chi connectivity index (χ0n) is 9.91. The summed E-state index contributed by atoms with van der Waals surface area (Å²) in [6.45, 7) is 0. The van der Waals surface area contributed by atoms with Gasteiger partial charge in [-0.05, 0) is 42.5 Å². The third-order valence-corrected chi connectivity index (χ3v) is 2.41. The van der Waals surface area contributed by atoms with Crippen molar-refractivity contribution in [2.24, 2.45) is 10.2 Å². The van der Waals surface area contributed by atoms with E-state index < -0.39 is 0 Å². The summed E-state index contributed by atoms with van der Waals surface area (Å²) < 4.78 is 0. The average Bonchev–Trinajstić information content (AvgIpc) is 2.46. The van der Waals surface area contributed by atoms with Crippen LogP contribution in [0, 0.1) is 22.7 Å². The maximum atomic E-state index is 8.99. The van der Waals surface area contributed by atoms with Crippen molar-refractivity contribution in [3.63, 3.8) is 0 Å². The predicted molar refractivity (Wildman–Crippen MR) is 70.9 cm³/mol. The van der Waals surface area contributed by atoms with Crippen molar-refractivity contribution < 1.29 is 0 Å². The standard InChI is InChI=1S/C14H9N5/c15-8-10-1-6-14(11(7-10)9-16)19-18-13-4-2-12(17)3-5-13/h1-7H,17H2/b19-18+. The Bertz CT molecular complexity index is 702. The molecule has 0 spiro atoms. The Morgan fingerprint density at radius 2 is 1.63 bits per heavy atom. The summed E-state index contributed by atoms with van der Waals surface area (Å²) in [6, 6.07) is 15.5. The van der Waals surface area contributed by atoms with E-state index >= 15 is 0 Å². The number of hydrogen-bond donors (Lipinski definition) is 1. The normalized spacial score (nSPS) is 10.0. The van der Waals surface area contributed by atoms with Crippen LogP contribution in [0.15, 0.2) is 52.7 Å². The second kappa shape index (κ2) is 5.44. The highest BCUT2D eigenvalue weighted by molar-refractivity contribution is 5.56. The molecule has 90 valence electrons. The Morgan fingerprint density at radius 1 is 0.895 bits per heavy atom. The van der Waals surface area contributed by atoms with Gasteiger partial charge in [-0.2, -0.15) is 15.6 Å². The quantitative estimate of drug-likeness (QED) is 0.650. The van der Waals surface area contributed by atoms with Gasteiger partial charge in [0.15, 0.2) is 0 Å². The minimum Gasteiger partial charge on any atom is -0.399 e. The Labute approximate surface area is 110 Å². The van der Waals surface area contributed by atoms with Crippen molar-refractivity contribution in [1.82, 2.24) is 0 Å². The van der Waals surface area contributed by atoms with Gasteiger partial charge in [-0.15, -0.1) is 5.11 Å². The number of hydrogen-bond acceptors (Lipinski definition) is 5. The topological polar surface area (TPSA) is 98.3 Å². The second-order valence-corrected chi connectivity index (χ2v) is 3.75. The number of benzene rings is 2. The first-order chi connectivity index (χ1) is 9.22.